The van der Waals surface area contributed by atoms with Crippen LogP contribution in [0.1, 0.15) is 19.3 Å². The first-order chi connectivity index (χ1) is 7.63. The minimum atomic E-state index is -0.495. The number of nitro groups is 1. The van der Waals surface area contributed by atoms with E-state index < -0.39 is 4.92 Å². The van der Waals surface area contributed by atoms with E-state index in [1.54, 1.807) is 0 Å². The van der Waals surface area contributed by atoms with Gasteiger partial charge in [-0.1, -0.05) is 0 Å². The summed E-state index contributed by atoms with van der Waals surface area (Å²) in [6, 6.07) is 0. The molecule has 1 rings (SSSR count). The number of aromatic nitrogens is 2. The Kier molecular flexibility index (Phi) is 4.40. The van der Waals surface area contributed by atoms with Crippen molar-refractivity contribution in [2.45, 2.75) is 25.8 Å². The largest absolute Gasteiger partial charge is 0.306 e. The van der Waals surface area contributed by atoms with Gasteiger partial charge in [0.25, 0.3) is 0 Å². The van der Waals surface area contributed by atoms with Crippen molar-refractivity contribution in [3.63, 3.8) is 0 Å². The molecule has 0 aliphatic heterocycles. The van der Waals surface area contributed by atoms with Gasteiger partial charge in [0.15, 0.2) is 0 Å². The van der Waals surface area contributed by atoms with Gasteiger partial charge in [0, 0.05) is 13.0 Å². The third-order valence-corrected chi connectivity index (χ3v) is 2.03. The fourth-order valence-electron chi connectivity index (χ4n) is 1.20. The average Bonchev–Trinajstić information content (AvgIpc) is 2.72. The second-order valence-corrected chi connectivity index (χ2v) is 3.24. The van der Waals surface area contributed by atoms with E-state index in [4.69, 9.17) is 5.84 Å². The second kappa shape index (κ2) is 5.81. The van der Waals surface area contributed by atoms with Crippen LogP contribution in [-0.2, 0) is 11.3 Å². The van der Waals surface area contributed by atoms with Crippen molar-refractivity contribution >= 4 is 11.6 Å². The predicted molar refractivity (Wildman–Crippen MR) is 55.1 cm³/mol. The zero-order chi connectivity index (χ0) is 12.0. The number of nitrogens with zero attached hydrogens (tertiary/aromatic N) is 3. The summed E-state index contributed by atoms with van der Waals surface area (Å²) >= 11 is 0. The first-order valence-corrected chi connectivity index (χ1v) is 4.80. The van der Waals surface area contributed by atoms with Crippen LogP contribution >= 0.6 is 0 Å². The van der Waals surface area contributed by atoms with Crippen LogP contribution in [0.25, 0.3) is 0 Å². The normalized spacial score (nSPS) is 10.1. The van der Waals surface area contributed by atoms with Crippen molar-refractivity contribution in [3.8, 4) is 0 Å². The zero-order valence-corrected chi connectivity index (χ0v) is 8.63. The van der Waals surface area contributed by atoms with Crippen molar-refractivity contribution < 1.29 is 9.72 Å². The van der Waals surface area contributed by atoms with Crippen LogP contribution in [0.3, 0.4) is 0 Å². The van der Waals surface area contributed by atoms with Gasteiger partial charge in [0.1, 0.15) is 12.4 Å². The highest BCUT2D eigenvalue weighted by Gasteiger charge is 2.08. The summed E-state index contributed by atoms with van der Waals surface area (Å²) in [6.07, 6.45) is 4.29. The van der Waals surface area contributed by atoms with Crippen LogP contribution < -0.4 is 11.3 Å². The van der Waals surface area contributed by atoms with Crippen molar-refractivity contribution in [3.05, 3.63) is 22.5 Å². The van der Waals surface area contributed by atoms with Gasteiger partial charge < -0.3 is 0 Å². The number of aryl methyl sites for hydroxylation is 1. The van der Waals surface area contributed by atoms with E-state index in [0.29, 0.717) is 25.8 Å². The topological polar surface area (TPSA) is 116 Å². The molecule has 1 heterocycles. The Bertz CT molecular complexity index is 376. The summed E-state index contributed by atoms with van der Waals surface area (Å²) in [5.41, 5.74) is 2.00. The van der Waals surface area contributed by atoms with E-state index in [1.165, 1.54) is 17.1 Å². The molecule has 0 spiro atoms. The van der Waals surface area contributed by atoms with Crippen LogP contribution in [0, 0.1) is 10.1 Å². The predicted octanol–water partition coefficient (Wildman–Crippen LogP) is -0.0485. The highest BCUT2D eigenvalue weighted by molar-refractivity contribution is 5.74. The van der Waals surface area contributed by atoms with E-state index in [1.807, 2.05) is 5.43 Å². The molecule has 3 N–H and O–H groups in total. The molecule has 0 aliphatic carbocycles. The molecule has 0 aliphatic rings. The monoisotopic (exact) mass is 227 g/mol. The summed E-state index contributed by atoms with van der Waals surface area (Å²) in [6.45, 7) is 0.547. The Morgan fingerprint density at radius 2 is 2.38 bits per heavy atom. The average molecular weight is 227 g/mol. The van der Waals surface area contributed by atoms with Crippen LogP contribution in [0.4, 0.5) is 5.69 Å². The lowest BCUT2D eigenvalue weighted by molar-refractivity contribution is -0.385. The number of unbranched alkanes of at least 4 members (excludes halogenated alkanes) is 1. The standard InChI is InChI=1S/C8H13N5O3/c9-11-8(14)3-1-2-4-12-6-7(5-10-12)13(15)16/h5-6H,1-4,9H2,(H,11,14). The Labute approximate surface area is 91.5 Å². The maximum atomic E-state index is 10.8. The van der Waals surface area contributed by atoms with Crippen LogP contribution in [0.15, 0.2) is 12.4 Å². The molecule has 0 radical (unpaired) electrons. The van der Waals surface area contributed by atoms with Crippen LogP contribution in [0.2, 0.25) is 0 Å². The Balaban J connectivity index is 2.27. The molecule has 16 heavy (non-hydrogen) atoms. The maximum absolute atomic E-state index is 10.8. The SMILES string of the molecule is NNC(=O)CCCCn1cc([N+](=O)[O-])cn1. The molecular formula is C8H13N5O3. The molecule has 88 valence electrons. The fraction of sp³-hybridized carbons (Fsp3) is 0.500. The van der Waals surface area contributed by atoms with Crippen LogP contribution in [-0.4, -0.2) is 20.6 Å². The van der Waals surface area contributed by atoms with E-state index in [9.17, 15) is 14.9 Å². The summed E-state index contributed by atoms with van der Waals surface area (Å²) in [5, 5.41) is 14.2. The van der Waals surface area contributed by atoms with Crippen molar-refractivity contribution in [2.24, 2.45) is 5.84 Å². The van der Waals surface area contributed by atoms with Gasteiger partial charge in [-0.15, -0.1) is 0 Å². The number of rotatable bonds is 6. The second-order valence-electron chi connectivity index (χ2n) is 3.24. The van der Waals surface area contributed by atoms with Gasteiger partial charge in [0.2, 0.25) is 5.91 Å². The lowest BCUT2D eigenvalue weighted by atomic mass is 10.2. The number of hydrogen-bond donors (Lipinski definition) is 2. The van der Waals surface area contributed by atoms with Crippen molar-refractivity contribution in [2.75, 3.05) is 0 Å². The van der Waals surface area contributed by atoms with Crippen LogP contribution in [0.5, 0.6) is 0 Å². The minimum absolute atomic E-state index is 0.0281. The number of carbonyl (C=O) groups is 1. The number of hydrogen-bond acceptors (Lipinski definition) is 5. The zero-order valence-electron chi connectivity index (χ0n) is 8.63. The number of amides is 1. The third kappa shape index (κ3) is 3.65. The van der Waals surface area contributed by atoms with E-state index in [2.05, 4.69) is 5.10 Å². The molecule has 0 unspecified atom stereocenters. The molecule has 8 heteroatoms. The first-order valence-electron chi connectivity index (χ1n) is 4.80. The quantitative estimate of drug-likeness (QED) is 0.232. The third-order valence-electron chi connectivity index (χ3n) is 2.03. The van der Waals surface area contributed by atoms with Gasteiger partial charge >= 0.3 is 5.69 Å². The number of nitrogens with one attached hydrogen (secondary N) is 1. The summed E-state index contributed by atoms with van der Waals surface area (Å²) in [4.78, 5) is 20.6. The summed E-state index contributed by atoms with van der Waals surface area (Å²) in [7, 11) is 0. The highest BCUT2D eigenvalue weighted by Crippen LogP contribution is 2.08. The van der Waals surface area contributed by atoms with Gasteiger partial charge in [-0.3, -0.25) is 25.0 Å². The molecule has 0 fully saturated rings. The minimum Gasteiger partial charge on any atom is -0.294 e. The van der Waals surface area contributed by atoms with E-state index >= 15 is 0 Å². The summed E-state index contributed by atoms with van der Waals surface area (Å²) < 4.78 is 1.48. The number of carbonyl (C=O) groups excluding carboxylic acids is 1. The molecule has 0 aromatic carbocycles. The smallest absolute Gasteiger partial charge is 0.294 e. The van der Waals surface area contributed by atoms with Crippen molar-refractivity contribution in [1.29, 1.82) is 0 Å². The van der Waals surface area contributed by atoms with Gasteiger partial charge in [-0.25, -0.2) is 5.84 Å². The van der Waals surface area contributed by atoms with E-state index in [0.717, 1.165) is 0 Å². The molecule has 0 saturated heterocycles. The molecule has 1 aromatic heterocycles. The Morgan fingerprint density at radius 1 is 1.62 bits per heavy atom. The van der Waals surface area contributed by atoms with Gasteiger partial charge in [0.05, 0.1) is 4.92 Å². The highest BCUT2D eigenvalue weighted by atomic mass is 16.6. The maximum Gasteiger partial charge on any atom is 0.306 e. The molecule has 0 saturated carbocycles. The Morgan fingerprint density at radius 3 is 2.94 bits per heavy atom. The Hall–Kier alpha value is -1.96. The lowest BCUT2D eigenvalue weighted by Crippen LogP contribution is -2.29. The molecule has 0 bridgehead atoms. The molecule has 8 nitrogen and oxygen atoms in total. The fourth-order valence-corrected chi connectivity index (χ4v) is 1.20. The molecule has 0 atom stereocenters. The molecule has 1 amide bonds. The molecular weight excluding hydrogens is 214 g/mol. The van der Waals surface area contributed by atoms with E-state index in [-0.39, 0.29) is 11.6 Å². The first kappa shape index (κ1) is 12.1. The number of nitrogens with two attached hydrogens (primary N) is 1. The lowest BCUT2D eigenvalue weighted by Gasteiger charge is -2.00. The number of hydrazine groups is 1. The molecule has 1 aromatic rings. The van der Waals surface area contributed by atoms with Gasteiger partial charge in [-0.2, -0.15) is 5.10 Å². The summed E-state index contributed by atoms with van der Waals surface area (Å²) in [5.74, 6) is 4.69. The van der Waals surface area contributed by atoms with Gasteiger partial charge in [-0.05, 0) is 12.8 Å². The van der Waals surface area contributed by atoms with Crippen molar-refractivity contribution in [1.82, 2.24) is 15.2 Å².